The molecule has 0 aliphatic carbocycles. The van der Waals surface area contributed by atoms with Gasteiger partial charge >= 0.3 is 5.97 Å². The zero-order valence-electron chi connectivity index (χ0n) is 23.9. The molecule has 1 fully saturated rings. The number of nitrogens with one attached hydrogen (secondary N) is 1. The van der Waals surface area contributed by atoms with Crippen LogP contribution in [-0.4, -0.2) is 56.3 Å². The number of amides is 2. The second-order valence-electron chi connectivity index (χ2n) is 10.6. The van der Waals surface area contributed by atoms with E-state index in [1.807, 2.05) is 59.7 Å². The second kappa shape index (κ2) is 12.3. The van der Waals surface area contributed by atoms with Crippen molar-refractivity contribution in [3.8, 4) is 5.75 Å². The van der Waals surface area contributed by atoms with Crippen LogP contribution < -0.4 is 15.8 Å². The number of nitrogens with zero attached hydrogens (tertiary/aromatic N) is 1. The highest BCUT2D eigenvalue weighted by molar-refractivity contribution is 7.10. The van der Waals surface area contributed by atoms with Crippen LogP contribution in [-0.2, 0) is 23.3 Å². The molecule has 5 atom stereocenters. The zero-order valence-corrected chi connectivity index (χ0v) is 26.0. The van der Waals surface area contributed by atoms with E-state index >= 15 is 0 Å². The number of hydrogen-bond donors (Lipinski definition) is 2. The third-order valence-electron chi connectivity index (χ3n) is 8.69. The van der Waals surface area contributed by atoms with Gasteiger partial charge in [0.25, 0.3) is 0 Å². The molecule has 0 aromatic heterocycles. The van der Waals surface area contributed by atoms with Gasteiger partial charge in [-0.15, -0.1) is 0 Å². The number of rotatable bonds is 13. The van der Waals surface area contributed by atoms with Crippen LogP contribution in [0.4, 0.5) is 5.69 Å². The van der Waals surface area contributed by atoms with Gasteiger partial charge in [0, 0.05) is 28.0 Å². The Balaban J connectivity index is 1.59. The summed E-state index contributed by atoms with van der Waals surface area (Å²) >= 11 is 0. The molecule has 2 heterocycles. The summed E-state index contributed by atoms with van der Waals surface area (Å²) in [6.45, 7) is 10.7. The van der Waals surface area contributed by atoms with Gasteiger partial charge in [0.05, 0.1) is 34.1 Å². The van der Waals surface area contributed by atoms with E-state index in [9.17, 15) is 14.4 Å². The van der Waals surface area contributed by atoms with Crippen LogP contribution in [0.5, 0.6) is 5.75 Å². The van der Waals surface area contributed by atoms with Crippen LogP contribution in [0.1, 0.15) is 34.6 Å². The Morgan fingerprint density at radius 3 is 2.38 bits per heavy atom. The van der Waals surface area contributed by atoms with Gasteiger partial charge in [-0.2, -0.15) is 0 Å². The Morgan fingerprint density at radius 1 is 1.10 bits per heavy atom. The third kappa shape index (κ3) is 5.37. The predicted octanol–water partition coefficient (Wildman–Crippen LogP) is 4.59. The molecule has 0 bridgehead atoms. The number of hydrogen-bond acceptors (Lipinski definition) is 7. The lowest BCUT2D eigenvalue weighted by atomic mass is 9.78. The fraction of sp³-hybridized carbons (Fsp3) is 0.483. The quantitative estimate of drug-likeness (QED) is 0.200. The maximum absolute atomic E-state index is 13.5. The van der Waals surface area contributed by atoms with E-state index in [-0.39, 0.29) is 48.7 Å². The maximum atomic E-state index is 13.5. The normalized spacial score (nSPS) is 21.2. The lowest BCUT2D eigenvalue weighted by molar-refractivity contribution is -0.161. The topological polar surface area (TPSA) is 120 Å². The molecule has 2 aromatic rings. The molecule has 11 heteroatoms. The van der Waals surface area contributed by atoms with Crippen molar-refractivity contribution < 1.29 is 28.1 Å². The highest BCUT2D eigenvalue weighted by atomic mass is 31.0. The van der Waals surface area contributed by atoms with Crippen molar-refractivity contribution in [3.05, 3.63) is 47.7 Å². The summed E-state index contributed by atoms with van der Waals surface area (Å²) in [6, 6.07) is 14.2. The number of carbonyl (C=O) groups is 3. The van der Waals surface area contributed by atoms with Crippen LogP contribution in [0, 0.1) is 11.8 Å². The average molecular weight is 586 g/mol. The number of β-lactam (4-membered cyclic amide) rings is 1. The molecule has 0 radical (unpaired) electrons. The largest absolute Gasteiger partial charge is 0.488 e. The summed E-state index contributed by atoms with van der Waals surface area (Å²) in [6.07, 6.45) is -0.236. The number of carbonyl (C=O) groups excluding carboxylic acids is 3. The molecule has 2 aliphatic rings. The molecule has 2 amide bonds. The third-order valence-corrected chi connectivity index (χ3v) is 13.6. The Kier molecular flexibility index (Phi) is 9.22. The first kappa shape index (κ1) is 30.0. The zero-order chi connectivity index (χ0) is 29.2. The van der Waals surface area contributed by atoms with Gasteiger partial charge in [-0.25, -0.2) is 4.79 Å². The van der Waals surface area contributed by atoms with Gasteiger partial charge in [0.15, 0.2) is 8.32 Å². The maximum Gasteiger partial charge on any atom is 0.357 e. The Hall–Kier alpha value is -2.94. The summed E-state index contributed by atoms with van der Waals surface area (Å²) in [7, 11) is 0.0677. The van der Waals surface area contributed by atoms with Crippen molar-refractivity contribution in [1.82, 2.24) is 4.90 Å². The fourth-order valence-electron chi connectivity index (χ4n) is 6.23. The van der Waals surface area contributed by atoms with Crippen molar-refractivity contribution in [2.24, 2.45) is 17.6 Å². The van der Waals surface area contributed by atoms with E-state index in [4.69, 9.17) is 19.4 Å². The Morgan fingerprint density at radius 2 is 1.75 bits per heavy atom. The minimum atomic E-state index is -1.92. The van der Waals surface area contributed by atoms with Gasteiger partial charge in [-0.05, 0) is 37.2 Å². The van der Waals surface area contributed by atoms with Crippen LogP contribution in [0.3, 0.4) is 0 Å². The number of primary amides is 1. The molecule has 2 aliphatic heterocycles. The monoisotopic (exact) mass is 585 g/mol. The number of anilines is 1. The summed E-state index contributed by atoms with van der Waals surface area (Å²) in [5.41, 5.74) is 7.06. The predicted molar refractivity (Wildman–Crippen MR) is 161 cm³/mol. The molecule has 9 nitrogen and oxygen atoms in total. The van der Waals surface area contributed by atoms with Crippen LogP contribution in [0.2, 0.25) is 18.1 Å². The fourth-order valence-corrected chi connectivity index (χ4v) is 9.28. The first-order chi connectivity index (χ1) is 19.1. The molecule has 2 aromatic carbocycles. The molecular weight excluding hydrogens is 545 g/mol. The lowest BCUT2D eigenvalue weighted by Crippen LogP contribution is -2.65. The van der Waals surface area contributed by atoms with E-state index < -0.39 is 20.2 Å². The number of ether oxygens (including phenoxy) is 1. The Bertz CT molecular complexity index is 1320. The van der Waals surface area contributed by atoms with E-state index in [0.29, 0.717) is 5.75 Å². The molecule has 216 valence electrons. The molecule has 1 saturated heterocycles. The van der Waals surface area contributed by atoms with Crippen LogP contribution >= 0.6 is 9.47 Å². The first-order valence-electron chi connectivity index (χ1n) is 13.9. The summed E-state index contributed by atoms with van der Waals surface area (Å²) < 4.78 is 18.0. The van der Waals surface area contributed by atoms with Crippen LogP contribution in [0.25, 0.3) is 10.8 Å². The van der Waals surface area contributed by atoms with Crippen molar-refractivity contribution in [2.75, 3.05) is 18.5 Å². The summed E-state index contributed by atoms with van der Waals surface area (Å²) in [5, 5.41) is 4.78. The molecule has 40 heavy (non-hydrogen) atoms. The van der Waals surface area contributed by atoms with Crippen molar-refractivity contribution in [3.63, 3.8) is 0 Å². The van der Waals surface area contributed by atoms with Crippen molar-refractivity contribution in [1.29, 1.82) is 0 Å². The minimum absolute atomic E-state index is 0.0159. The van der Waals surface area contributed by atoms with Gasteiger partial charge in [-0.3, -0.25) is 9.59 Å². The summed E-state index contributed by atoms with van der Waals surface area (Å²) in [4.78, 5) is 39.3. The van der Waals surface area contributed by atoms with Gasteiger partial charge in [0.1, 0.15) is 18.1 Å². The highest BCUT2D eigenvalue weighted by Crippen LogP contribution is 2.49. The number of fused-ring (bicyclic) bond motifs is 2. The van der Waals surface area contributed by atoms with E-state index in [2.05, 4.69) is 26.1 Å². The lowest BCUT2D eigenvalue weighted by Gasteiger charge is -2.49. The first-order valence-corrected chi connectivity index (χ1v) is 16.9. The molecule has 0 saturated carbocycles. The molecule has 4 rings (SSSR count). The molecule has 3 unspecified atom stereocenters. The highest BCUT2D eigenvalue weighted by Gasteiger charge is 2.61. The second-order valence-corrected chi connectivity index (χ2v) is 15.6. The van der Waals surface area contributed by atoms with Gasteiger partial charge in [-0.1, -0.05) is 52.0 Å². The molecular formula is C29H40N3O6PSi. The van der Waals surface area contributed by atoms with Gasteiger partial charge < -0.3 is 29.6 Å². The van der Waals surface area contributed by atoms with Gasteiger partial charge in [0.2, 0.25) is 11.8 Å². The van der Waals surface area contributed by atoms with Crippen LogP contribution in [0.15, 0.2) is 47.7 Å². The standard InChI is InChI=1S/C29H40N3O6PSi/c1-6-40(7-2,8-3)38-18(5)25-26-17(4)21(27(29(35)37-39)32(26)28(25)34)16-36-23-14-10-11-19-20(23)12-9-13-22(19)31-15-24(30)33/h9-14,17-18,25-26,31H,6-8,15-16,39H2,1-5H3,(H2,30,33)/t17-,18+,25?,26?/m0/s1. The smallest absolute Gasteiger partial charge is 0.357 e. The molecule has 3 N–H and O–H groups in total. The van der Waals surface area contributed by atoms with Crippen molar-refractivity contribution in [2.45, 2.75) is 64.9 Å². The number of nitrogens with two attached hydrogens (primary N) is 1. The van der Waals surface area contributed by atoms with E-state index in [1.54, 1.807) is 4.90 Å². The van der Waals surface area contributed by atoms with E-state index in [0.717, 1.165) is 40.2 Å². The SMILES string of the molecule is CC[Si](CC)(CC)O[C@H](C)C1C(=O)N2C(C(=O)OP)=C(COc3cccc4c(NCC(N)=O)cccc34)[C@H](C)C12. The summed E-state index contributed by atoms with van der Waals surface area (Å²) in [5.74, 6) is -0.953. The van der Waals surface area contributed by atoms with Crippen molar-refractivity contribution >= 4 is 52.0 Å². The minimum Gasteiger partial charge on any atom is -0.488 e. The van der Waals surface area contributed by atoms with E-state index in [1.165, 1.54) is 0 Å². The number of benzene rings is 2. The average Bonchev–Trinajstić information content (AvgIpc) is 3.20. The Labute approximate surface area is 239 Å². The molecule has 0 spiro atoms.